The molecule has 0 fully saturated rings. The molecule has 0 aliphatic heterocycles. The van der Waals surface area contributed by atoms with E-state index < -0.39 is 22.7 Å². The molecule has 0 aromatic carbocycles. The number of rotatable bonds is 3. The maximum absolute atomic E-state index is 12.5. The van der Waals surface area contributed by atoms with Crippen LogP contribution in [0.1, 0.15) is 17.8 Å². The zero-order chi connectivity index (χ0) is 12.3. The fourth-order valence-electron chi connectivity index (χ4n) is 1.04. The molecule has 0 spiro atoms. The summed E-state index contributed by atoms with van der Waals surface area (Å²) in [6.07, 6.45) is -3.25. The third-order valence-electron chi connectivity index (χ3n) is 1.71. The molecule has 0 aliphatic rings. The highest BCUT2D eigenvalue weighted by molar-refractivity contribution is 9.10. The molecule has 0 saturated heterocycles. The number of nitrogens with zero attached hydrogens (tertiary/aromatic N) is 3. The third kappa shape index (κ3) is 2.49. The third-order valence-corrected chi connectivity index (χ3v) is 2.39. The molecule has 1 aromatic rings. The van der Waals surface area contributed by atoms with Crippen molar-refractivity contribution in [3.8, 4) is 6.07 Å². The lowest BCUT2D eigenvalue weighted by molar-refractivity contribution is -0.386. The van der Waals surface area contributed by atoms with Crippen LogP contribution >= 0.6 is 15.9 Å². The first-order chi connectivity index (χ1) is 7.47. The second-order valence-corrected chi connectivity index (χ2v) is 3.57. The lowest BCUT2D eigenvalue weighted by Crippen LogP contribution is -2.03. The molecule has 1 rings (SSSR count). The Bertz CT molecular complexity index is 473. The number of nitro groups is 1. The van der Waals surface area contributed by atoms with E-state index in [0.717, 1.165) is 6.07 Å². The summed E-state index contributed by atoms with van der Waals surface area (Å²) in [6, 6.07) is 2.66. The van der Waals surface area contributed by atoms with E-state index in [-0.39, 0.29) is 16.6 Å². The van der Waals surface area contributed by atoms with Crippen molar-refractivity contribution in [3.05, 3.63) is 32.0 Å². The summed E-state index contributed by atoms with van der Waals surface area (Å²) in [5.74, 6) is 0. The Morgan fingerprint density at radius 1 is 1.69 bits per heavy atom. The number of alkyl halides is 2. The van der Waals surface area contributed by atoms with Gasteiger partial charge in [0.2, 0.25) is 0 Å². The van der Waals surface area contributed by atoms with Gasteiger partial charge in [0.15, 0.2) is 5.69 Å². The van der Waals surface area contributed by atoms with Gasteiger partial charge in [-0.25, -0.2) is 13.8 Å². The molecule has 8 heteroatoms. The van der Waals surface area contributed by atoms with Gasteiger partial charge < -0.3 is 0 Å². The number of nitriles is 1. The molecule has 16 heavy (non-hydrogen) atoms. The number of aromatic nitrogens is 1. The highest BCUT2D eigenvalue weighted by Crippen LogP contribution is 2.31. The zero-order valence-corrected chi connectivity index (χ0v) is 9.24. The van der Waals surface area contributed by atoms with Crippen molar-refractivity contribution in [1.82, 2.24) is 4.98 Å². The molecule has 0 aliphatic carbocycles. The SMILES string of the molecule is N#CCc1nc(C(F)F)c([N+](=O)[O-])cc1Br. The van der Waals surface area contributed by atoms with Crippen molar-refractivity contribution in [2.24, 2.45) is 0 Å². The van der Waals surface area contributed by atoms with E-state index >= 15 is 0 Å². The summed E-state index contributed by atoms with van der Waals surface area (Å²) in [4.78, 5) is 13.0. The monoisotopic (exact) mass is 291 g/mol. The van der Waals surface area contributed by atoms with Crippen molar-refractivity contribution < 1.29 is 13.7 Å². The summed E-state index contributed by atoms with van der Waals surface area (Å²) < 4.78 is 25.1. The van der Waals surface area contributed by atoms with Crippen molar-refractivity contribution in [1.29, 1.82) is 5.26 Å². The van der Waals surface area contributed by atoms with E-state index in [1.165, 1.54) is 0 Å². The molecule has 0 N–H and O–H groups in total. The number of hydrogen-bond donors (Lipinski definition) is 0. The molecule has 5 nitrogen and oxygen atoms in total. The lowest BCUT2D eigenvalue weighted by Gasteiger charge is -2.04. The molecular formula is C8H4BrF2N3O2. The molecule has 0 saturated carbocycles. The molecule has 0 bridgehead atoms. The first-order valence-electron chi connectivity index (χ1n) is 3.96. The Labute approximate surface area is 97.0 Å². The summed E-state index contributed by atoms with van der Waals surface area (Å²) in [5, 5.41) is 18.9. The Balaban J connectivity index is 3.38. The summed E-state index contributed by atoms with van der Waals surface area (Å²) in [6.45, 7) is 0. The van der Waals surface area contributed by atoms with Crippen molar-refractivity contribution in [3.63, 3.8) is 0 Å². The van der Waals surface area contributed by atoms with Crippen molar-refractivity contribution in [2.75, 3.05) is 0 Å². The van der Waals surface area contributed by atoms with Crippen LogP contribution in [0.2, 0.25) is 0 Å². The van der Waals surface area contributed by atoms with Gasteiger partial charge in [-0.1, -0.05) is 0 Å². The summed E-state index contributed by atoms with van der Waals surface area (Å²) in [7, 11) is 0. The van der Waals surface area contributed by atoms with Gasteiger partial charge in [-0.15, -0.1) is 0 Å². The highest BCUT2D eigenvalue weighted by atomic mass is 79.9. The maximum Gasteiger partial charge on any atom is 0.297 e. The van der Waals surface area contributed by atoms with Gasteiger partial charge in [0.25, 0.3) is 12.1 Å². The average molecular weight is 292 g/mol. The van der Waals surface area contributed by atoms with Gasteiger partial charge in [0, 0.05) is 10.5 Å². The van der Waals surface area contributed by atoms with E-state index in [4.69, 9.17) is 5.26 Å². The lowest BCUT2D eigenvalue weighted by atomic mass is 10.2. The average Bonchev–Trinajstić information content (AvgIpc) is 2.20. The van der Waals surface area contributed by atoms with Gasteiger partial charge in [-0.3, -0.25) is 10.1 Å². The largest absolute Gasteiger partial charge is 0.297 e. The normalized spacial score (nSPS) is 10.2. The van der Waals surface area contributed by atoms with Crippen LogP contribution in [-0.2, 0) is 6.42 Å². The fourth-order valence-corrected chi connectivity index (χ4v) is 1.48. The molecule has 1 heterocycles. The predicted molar refractivity (Wildman–Crippen MR) is 52.9 cm³/mol. The maximum atomic E-state index is 12.5. The molecule has 84 valence electrons. The minimum absolute atomic E-state index is 0.0587. The van der Waals surface area contributed by atoms with Crippen LogP contribution in [0, 0.1) is 21.4 Å². The van der Waals surface area contributed by atoms with E-state index in [0.29, 0.717) is 0 Å². The smallest absolute Gasteiger partial charge is 0.258 e. The van der Waals surface area contributed by atoms with Crippen LogP contribution in [0.4, 0.5) is 14.5 Å². The predicted octanol–water partition coefficient (Wildman–Crippen LogP) is 2.76. The van der Waals surface area contributed by atoms with Gasteiger partial charge >= 0.3 is 0 Å². The van der Waals surface area contributed by atoms with Gasteiger partial charge in [0.1, 0.15) is 0 Å². The Morgan fingerprint density at radius 3 is 2.75 bits per heavy atom. The van der Waals surface area contributed by atoms with Crippen molar-refractivity contribution >= 4 is 21.6 Å². The van der Waals surface area contributed by atoms with Crippen LogP contribution in [0.3, 0.4) is 0 Å². The Hall–Kier alpha value is -1.62. The Morgan fingerprint density at radius 2 is 2.31 bits per heavy atom. The topological polar surface area (TPSA) is 79.8 Å². The standard InChI is InChI=1S/C8H4BrF2N3O2/c9-4-3-6(14(15)16)7(8(10)11)13-5(4)1-2-12/h3,8H,1H2. The van der Waals surface area contributed by atoms with Gasteiger partial charge in [-0.05, 0) is 15.9 Å². The van der Waals surface area contributed by atoms with Crippen LogP contribution in [0.5, 0.6) is 0 Å². The number of pyridine rings is 1. The van der Waals surface area contributed by atoms with E-state index in [1.54, 1.807) is 6.07 Å². The fraction of sp³-hybridized carbons (Fsp3) is 0.250. The Kier molecular flexibility index (Phi) is 3.84. The second kappa shape index (κ2) is 4.94. The molecule has 0 atom stereocenters. The van der Waals surface area contributed by atoms with Crippen LogP contribution < -0.4 is 0 Å². The number of hydrogen-bond acceptors (Lipinski definition) is 4. The molecular weight excluding hydrogens is 288 g/mol. The molecule has 0 amide bonds. The van der Waals surface area contributed by atoms with Gasteiger partial charge in [0.05, 0.1) is 23.1 Å². The van der Waals surface area contributed by atoms with Gasteiger partial charge in [-0.2, -0.15) is 5.26 Å². The molecule has 0 unspecified atom stereocenters. The van der Waals surface area contributed by atoms with E-state index in [2.05, 4.69) is 20.9 Å². The highest BCUT2D eigenvalue weighted by Gasteiger charge is 2.25. The first kappa shape index (κ1) is 12.4. The minimum Gasteiger partial charge on any atom is -0.258 e. The van der Waals surface area contributed by atoms with Crippen LogP contribution in [-0.4, -0.2) is 9.91 Å². The van der Waals surface area contributed by atoms with Crippen LogP contribution in [0.25, 0.3) is 0 Å². The van der Waals surface area contributed by atoms with Crippen LogP contribution in [0.15, 0.2) is 10.5 Å². The summed E-state index contributed by atoms with van der Waals surface area (Å²) in [5.41, 5.74) is -1.62. The van der Waals surface area contributed by atoms with Crippen molar-refractivity contribution in [2.45, 2.75) is 12.8 Å². The molecule has 0 radical (unpaired) electrons. The van der Waals surface area contributed by atoms with E-state index in [1.807, 2.05) is 0 Å². The van der Waals surface area contributed by atoms with E-state index in [9.17, 15) is 18.9 Å². The minimum atomic E-state index is -3.05. The first-order valence-corrected chi connectivity index (χ1v) is 4.75. The summed E-state index contributed by atoms with van der Waals surface area (Å²) >= 11 is 2.94. The molecule has 1 aromatic heterocycles. The second-order valence-electron chi connectivity index (χ2n) is 2.71. The zero-order valence-electron chi connectivity index (χ0n) is 7.65. The number of halogens is 3. The quantitative estimate of drug-likeness (QED) is 0.633.